The van der Waals surface area contributed by atoms with Crippen LogP contribution in [0.25, 0.3) is 11.5 Å². The largest absolute Gasteiger partial charge is 0.458 e. The predicted molar refractivity (Wildman–Crippen MR) is 82.6 cm³/mol. The van der Waals surface area contributed by atoms with Crippen molar-refractivity contribution in [2.24, 2.45) is 0 Å². The molecule has 2 aromatic rings. The van der Waals surface area contributed by atoms with Crippen LogP contribution in [0.15, 0.2) is 28.8 Å². The Bertz CT molecular complexity index is 708. The topological polar surface area (TPSA) is 82.4 Å². The van der Waals surface area contributed by atoms with E-state index in [2.05, 4.69) is 15.1 Å². The van der Waals surface area contributed by atoms with Gasteiger partial charge in [-0.05, 0) is 31.2 Å². The van der Waals surface area contributed by atoms with Crippen LogP contribution >= 0.6 is 0 Å². The lowest BCUT2D eigenvalue weighted by atomic mass is 10.3. The minimum absolute atomic E-state index is 0.535. The zero-order chi connectivity index (χ0) is 15.6. The first-order chi connectivity index (χ1) is 10.5. The summed E-state index contributed by atoms with van der Waals surface area (Å²) in [5.74, 6) is 1.64. The number of aromatic amines is 1. The maximum atomic E-state index is 11.6. The molecule has 1 N–H and O–H groups in total. The fraction of sp³-hybridized carbons (Fsp3) is 0.500. The molecule has 120 valence electrons. The summed E-state index contributed by atoms with van der Waals surface area (Å²) in [5, 5.41) is 6.78. The van der Waals surface area contributed by atoms with E-state index in [0.717, 1.165) is 30.2 Å². The number of nitrogens with zero attached hydrogens (tertiary/aromatic N) is 3. The fourth-order valence-corrected chi connectivity index (χ4v) is 3.53. The van der Waals surface area contributed by atoms with E-state index < -0.39 is 10.0 Å². The molecule has 1 fully saturated rings. The van der Waals surface area contributed by atoms with Gasteiger partial charge in [-0.2, -0.15) is 5.10 Å². The molecule has 7 nitrogen and oxygen atoms in total. The molecule has 8 heteroatoms. The summed E-state index contributed by atoms with van der Waals surface area (Å²) in [6.45, 7) is 3.39. The Kier molecular flexibility index (Phi) is 4.32. The first-order valence-electron chi connectivity index (χ1n) is 7.28. The van der Waals surface area contributed by atoms with Crippen LogP contribution in [0.1, 0.15) is 12.2 Å². The second-order valence-corrected chi connectivity index (χ2v) is 7.51. The van der Waals surface area contributed by atoms with Gasteiger partial charge < -0.3 is 4.42 Å². The van der Waals surface area contributed by atoms with E-state index in [4.69, 9.17) is 4.42 Å². The van der Waals surface area contributed by atoms with Crippen LogP contribution in [-0.2, 0) is 16.6 Å². The number of hydrogen-bond donors (Lipinski definition) is 1. The van der Waals surface area contributed by atoms with Gasteiger partial charge in [0.15, 0.2) is 5.76 Å². The highest BCUT2D eigenvalue weighted by Gasteiger charge is 2.21. The van der Waals surface area contributed by atoms with Crippen molar-refractivity contribution < 1.29 is 12.8 Å². The second kappa shape index (κ2) is 6.23. The number of sulfonamides is 1. The third-order valence-corrected chi connectivity index (χ3v) is 5.13. The number of aromatic nitrogens is 2. The Morgan fingerprint density at radius 1 is 1.23 bits per heavy atom. The van der Waals surface area contributed by atoms with Gasteiger partial charge in [-0.25, -0.2) is 12.7 Å². The SMILES string of the molecule is CS(=O)(=O)N1CCCN(Cc2ccc(-c3ccn[nH]3)o2)CC1. The highest BCUT2D eigenvalue weighted by atomic mass is 32.2. The van der Waals surface area contributed by atoms with Crippen LogP contribution in [0, 0.1) is 0 Å². The zero-order valence-corrected chi connectivity index (χ0v) is 13.3. The number of furan rings is 1. The minimum atomic E-state index is -3.10. The monoisotopic (exact) mass is 324 g/mol. The summed E-state index contributed by atoms with van der Waals surface area (Å²) in [4.78, 5) is 2.22. The average Bonchev–Trinajstić information content (AvgIpc) is 3.06. The summed E-state index contributed by atoms with van der Waals surface area (Å²) in [6.07, 6.45) is 3.79. The van der Waals surface area contributed by atoms with Crippen molar-refractivity contribution in [1.82, 2.24) is 19.4 Å². The number of nitrogens with one attached hydrogen (secondary N) is 1. The zero-order valence-electron chi connectivity index (χ0n) is 12.5. The van der Waals surface area contributed by atoms with Gasteiger partial charge in [-0.15, -0.1) is 0 Å². The molecule has 22 heavy (non-hydrogen) atoms. The Morgan fingerprint density at radius 3 is 2.82 bits per heavy atom. The standard InChI is InChI=1S/C14H20N4O3S/c1-22(19,20)18-8-2-7-17(9-10-18)11-12-3-4-14(21-12)13-5-6-15-16-13/h3-6H,2,7-11H2,1H3,(H,15,16). The lowest BCUT2D eigenvalue weighted by molar-refractivity contribution is 0.256. The van der Waals surface area contributed by atoms with E-state index in [1.54, 1.807) is 10.5 Å². The first-order valence-corrected chi connectivity index (χ1v) is 9.13. The maximum absolute atomic E-state index is 11.6. The quantitative estimate of drug-likeness (QED) is 0.912. The van der Waals surface area contributed by atoms with Crippen LogP contribution < -0.4 is 0 Å². The van der Waals surface area contributed by atoms with Crippen molar-refractivity contribution >= 4 is 10.0 Å². The van der Waals surface area contributed by atoms with Gasteiger partial charge in [0.1, 0.15) is 11.5 Å². The van der Waals surface area contributed by atoms with E-state index >= 15 is 0 Å². The number of H-pyrrole nitrogens is 1. The molecular weight excluding hydrogens is 304 g/mol. The summed E-state index contributed by atoms with van der Waals surface area (Å²) >= 11 is 0. The molecule has 0 amide bonds. The van der Waals surface area contributed by atoms with Crippen LogP contribution in [0.3, 0.4) is 0 Å². The van der Waals surface area contributed by atoms with Crippen LogP contribution in [0.5, 0.6) is 0 Å². The third kappa shape index (κ3) is 3.57. The average molecular weight is 324 g/mol. The molecule has 0 unspecified atom stereocenters. The first kappa shape index (κ1) is 15.3. The summed E-state index contributed by atoms with van der Waals surface area (Å²) < 4.78 is 30.6. The van der Waals surface area contributed by atoms with Crippen molar-refractivity contribution in [3.8, 4) is 11.5 Å². The second-order valence-electron chi connectivity index (χ2n) is 5.53. The van der Waals surface area contributed by atoms with Crippen molar-refractivity contribution in [2.75, 3.05) is 32.4 Å². The Labute approximate surface area is 130 Å². The van der Waals surface area contributed by atoms with Gasteiger partial charge in [0, 0.05) is 25.8 Å². The molecule has 1 aliphatic rings. The molecule has 0 aliphatic carbocycles. The molecule has 0 spiro atoms. The molecule has 1 saturated heterocycles. The van der Waals surface area contributed by atoms with E-state index in [1.165, 1.54) is 6.26 Å². The molecule has 3 heterocycles. The predicted octanol–water partition coefficient (Wildman–Crippen LogP) is 1.14. The molecule has 0 saturated carbocycles. The number of hydrogen-bond acceptors (Lipinski definition) is 5. The van der Waals surface area contributed by atoms with E-state index in [0.29, 0.717) is 26.2 Å². The normalized spacial score (nSPS) is 18.4. The summed E-state index contributed by atoms with van der Waals surface area (Å²) in [7, 11) is -3.10. The molecule has 0 aromatic carbocycles. The van der Waals surface area contributed by atoms with Gasteiger partial charge in [0.05, 0.1) is 12.8 Å². The lowest BCUT2D eigenvalue weighted by Crippen LogP contribution is -2.34. The molecular formula is C14H20N4O3S. The molecule has 0 atom stereocenters. The molecule has 1 aliphatic heterocycles. The van der Waals surface area contributed by atoms with E-state index in [-0.39, 0.29) is 0 Å². The van der Waals surface area contributed by atoms with Gasteiger partial charge in [0.25, 0.3) is 0 Å². The summed E-state index contributed by atoms with van der Waals surface area (Å²) in [6, 6.07) is 5.73. The fourth-order valence-electron chi connectivity index (χ4n) is 2.66. The Balaban J connectivity index is 1.62. The lowest BCUT2D eigenvalue weighted by Gasteiger charge is -2.19. The van der Waals surface area contributed by atoms with Crippen molar-refractivity contribution in [3.63, 3.8) is 0 Å². The van der Waals surface area contributed by atoms with Crippen LogP contribution in [0.4, 0.5) is 0 Å². The maximum Gasteiger partial charge on any atom is 0.211 e. The van der Waals surface area contributed by atoms with Gasteiger partial charge >= 0.3 is 0 Å². The van der Waals surface area contributed by atoms with Crippen molar-refractivity contribution in [3.05, 3.63) is 30.2 Å². The van der Waals surface area contributed by atoms with Gasteiger partial charge in [0.2, 0.25) is 10.0 Å². The van der Waals surface area contributed by atoms with E-state index in [1.807, 2.05) is 18.2 Å². The smallest absolute Gasteiger partial charge is 0.211 e. The highest BCUT2D eigenvalue weighted by molar-refractivity contribution is 7.88. The molecule has 0 radical (unpaired) electrons. The van der Waals surface area contributed by atoms with E-state index in [9.17, 15) is 8.42 Å². The minimum Gasteiger partial charge on any atom is -0.458 e. The summed E-state index contributed by atoms with van der Waals surface area (Å²) in [5.41, 5.74) is 0.852. The van der Waals surface area contributed by atoms with Crippen molar-refractivity contribution in [2.45, 2.75) is 13.0 Å². The third-order valence-electron chi connectivity index (χ3n) is 3.82. The van der Waals surface area contributed by atoms with Gasteiger partial charge in [-0.3, -0.25) is 10.00 Å². The Hall–Kier alpha value is -1.64. The molecule has 2 aromatic heterocycles. The highest BCUT2D eigenvalue weighted by Crippen LogP contribution is 2.21. The van der Waals surface area contributed by atoms with Crippen LogP contribution in [-0.4, -0.2) is 60.3 Å². The molecule has 0 bridgehead atoms. The number of rotatable bonds is 4. The molecule has 3 rings (SSSR count). The Morgan fingerprint density at radius 2 is 2.09 bits per heavy atom. The van der Waals surface area contributed by atoms with Gasteiger partial charge in [-0.1, -0.05) is 0 Å². The van der Waals surface area contributed by atoms with Crippen LogP contribution in [0.2, 0.25) is 0 Å². The van der Waals surface area contributed by atoms with Crippen molar-refractivity contribution in [1.29, 1.82) is 0 Å².